The van der Waals surface area contributed by atoms with Gasteiger partial charge in [-0.1, -0.05) is 19.3 Å². The van der Waals surface area contributed by atoms with Gasteiger partial charge in [0.25, 0.3) is 5.91 Å². The Kier molecular flexibility index (Phi) is 9.61. The van der Waals surface area contributed by atoms with E-state index in [0.717, 1.165) is 19.5 Å². The van der Waals surface area contributed by atoms with Crippen LogP contribution in [0.25, 0.3) is 0 Å². The Bertz CT molecular complexity index is 667. The Hall–Kier alpha value is -1.81. The maximum absolute atomic E-state index is 12.9. The van der Waals surface area contributed by atoms with Crippen LogP contribution >= 0.6 is 0 Å². The number of rotatable bonds is 10. The molecular formula is C21H29F6N3O. The monoisotopic (exact) mass is 453 g/mol. The highest BCUT2D eigenvalue weighted by Crippen LogP contribution is 2.36. The van der Waals surface area contributed by atoms with E-state index in [1.54, 1.807) is 0 Å². The number of carbonyl (C=O) groups excluding carboxylic acids is 1. The summed E-state index contributed by atoms with van der Waals surface area (Å²) in [6, 6.07) is 1.47. The largest absolute Gasteiger partial charge is 0.416 e. The first kappa shape index (κ1) is 25.5. The molecule has 1 fully saturated rings. The van der Waals surface area contributed by atoms with Crippen LogP contribution in [0.5, 0.6) is 0 Å². The van der Waals surface area contributed by atoms with Gasteiger partial charge in [-0.05, 0) is 50.4 Å². The Morgan fingerprint density at radius 1 is 0.806 bits per heavy atom. The van der Waals surface area contributed by atoms with E-state index in [-0.39, 0.29) is 12.6 Å². The fourth-order valence-electron chi connectivity index (χ4n) is 3.56. The summed E-state index contributed by atoms with van der Waals surface area (Å²) in [5.41, 5.74) is -3.66. The average molecular weight is 453 g/mol. The van der Waals surface area contributed by atoms with E-state index in [1.165, 1.54) is 32.1 Å². The minimum absolute atomic E-state index is 0.00553. The van der Waals surface area contributed by atoms with Crippen molar-refractivity contribution in [1.82, 2.24) is 16.0 Å². The average Bonchev–Trinajstić information content (AvgIpc) is 2.71. The zero-order valence-electron chi connectivity index (χ0n) is 17.3. The number of halogens is 6. The molecule has 4 nitrogen and oxygen atoms in total. The third-order valence-electron chi connectivity index (χ3n) is 5.26. The van der Waals surface area contributed by atoms with Gasteiger partial charge in [-0.15, -0.1) is 0 Å². The molecule has 176 valence electrons. The first-order chi connectivity index (χ1) is 14.6. The van der Waals surface area contributed by atoms with E-state index >= 15 is 0 Å². The molecule has 10 heteroatoms. The summed E-state index contributed by atoms with van der Waals surface area (Å²) in [5, 5.41) is 9.16. The molecule has 1 aliphatic rings. The second-order valence-electron chi connectivity index (χ2n) is 7.80. The molecule has 1 aromatic carbocycles. The minimum atomic E-state index is -4.98. The summed E-state index contributed by atoms with van der Waals surface area (Å²) >= 11 is 0. The number of alkyl halides is 6. The van der Waals surface area contributed by atoms with Crippen molar-refractivity contribution in [2.75, 3.05) is 26.2 Å². The lowest BCUT2D eigenvalue weighted by Crippen LogP contribution is -2.36. The first-order valence-corrected chi connectivity index (χ1v) is 10.6. The predicted molar refractivity (Wildman–Crippen MR) is 106 cm³/mol. The fourth-order valence-corrected chi connectivity index (χ4v) is 3.56. The van der Waals surface area contributed by atoms with Crippen molar-refractivity contribution in [2.24, 2.45) is 0 Å². The van der Waals surface area contributed by atoms with Gasteiger partial charge in [-0.25, -0.2) is 0 Å². The molecular weight excluding hydrogens is 424 g/mol. The van der Waals surface area contributed by atoms with Crippen molar-refractivity contribution in [3.8, 4) is 0 Å². The van der Waals surface area contributed by atoms with Crippen LogP contribution in [0.15, 0.2) is 18.2 Å². The molecule has 2 rings (SSSR count). The lowest BCUT2D eigenvalue weighted by molar-refractivity contribution is -0.143. The number of nitrogens with one attached hydrogen (secondary N) is 3. The molecule has 0 bridgehead atoms. The van der Waals surface area contributed by atoms with Crippen LogP contribution in [-0.4, -0.2) is 38.1 Å². The van der Waals surface area contributed by atoms with Crippen molar-refractivity contribution < 1.29 is 31.1 Å². The highest BCUT2D eigenvalue weighted by molar-refractivity contribution is 5.94. The van der Waals surface area contributed by atoms with Gasteiger partial charge in [0, 0.05) is 31.2 Å². The number of benzene rings is 1. The molecule has 0 spiro atoms. The molecule has 0 atom stereocenters. The second-order valence-corrected chi connectivity index (χ2v) is 7.80. The minimum Gasteiger partial charge on any atom is -0.352 e. The number of hydrogen-bond donors (Lipinski definition) is 3. The third kappa shape index (κ3) is 9.06. The predicted octanol–water partition coefficient (Wildman–Crippen LogP) is 4.75. The number of unbranched alkanes of at least 4 members (excludes halogenated alkanes) is 1. The van der Waals surface area contributed by atoms with Crippen LogP contribution in [-0.2, 0) is 12.4 Å². The second kappa shape index (κ2) is 11.7. The van der Waals surface area contributed by atoms with Gasteiger partial charge < -0.3 is 16.0 Å². The SMILES string of the molecule is O=C(NCCCCNCCNC1CCCCC1)c1cc(C(F)(F)F)cc(C(F)(F)F)c1. The van der Waals surface area contributed by atoms with Crippen LogP contribution in [0.1, 0.15) is 66.4 Å². The van der Waals surface area contributed by atoms with Gasteiger partial charge in [0.05, 0.1) is 11.1 Å². The van der Waals surface area contributed by atoms with Gasteiger partial charge in [-0.2, -0.15) is 26.3 Å². The number of amides is 1. The Labute approximate surface area is 178 Å². The van der Waals surface area contributed by atoms with Gasteiger partial charge in [0.2, 0.25) is 0 Å². The summed E-state index contributed by atoms with van der Waals surface area (Å²) < 4.78 is 77.2. The Morgan fingerprint density at radius 2 is 1.39 bits per heavy atom. The molecule has 1 amide bonds. The molecule has 0 heterocycles. The van der Waals surface area contributed by atoms with E-state index < -0.39 is 35.0 Å². The molecule has 0 saturated heterocycles. The van der Waals surface area contributed by atoms with E-state index in [1.807, 2.05) is 0 Å². The van der Waals surface area contributed by atoms with E-state index in [2.05, 4.69) is 16.0 Å². The standard InChI is InChI=1S/C21H29F6N3O/c22-20(23,24)16-12-15(13-17(14-16)21(25,26)27)19(31)30-9-5-4-8-28-10-11-29-18-6-2-1-3-7-18/h12-14,18,28-29H,1-11H2,(H,30,31). The normalized spacial score (nSPS) is 15.8. The summed E-state index contributed by atoms with van der Waals surface area (Å²) in [7, 11) is 0. The zero-order chi connectivity index (χ0) is 22.9. The van der Waals surface area contributed by atoms with Gasteiger partial charge >= 0.3 is 12.4 Å². The number of hydrogen-bond acceptors (Lipinski definition) is 3. The summed E-state index contributed by atoms with van der Waals surface area (Å²) in [4.78, 5) is 12.1. The maximum atomic E-state index is 12.9. The summed E-state index contributed by atoms with van der Waals surface area (Å²) in [5.74, 6) is -0.957. The third-order valence-corrected chi connectivity index (χ3v) is 5.26. The molecule has 1 aromatic rings. The van der Waals surface area contributed by atoms with E-state index in [4.69, 9.17) is 0 Å². The van der Waals surface area contributed by atoms with Crippen LogP contribution in [0.4, 0.5) is 26.3 Å². The lowest BCUT2D eigenvalue weighted by atomic mass is 9.95. The van der Waals surface area contributed by atoms with Crippen molar-refractivity contribution in [3.05, 3.63) is 34.9 Å². The molecule has 0 radical (unpaired) electrons. The smallest absolute Gasteiger partial charge is 0.352 e. The molecule has 3 N–H and O–H groups in total. The maximum Gasteiger partial charge on any atom is 0.416 e. The van der Waals surface area contributed by atoms with Gasteiger partial charge in [-0.3, -0.25) is 4.79 Å². The Morgan fingerprint density at radius 3 is 1.97 bits per heavy atom. The topological polar surface area (TPSA) is 53.2 Å². The highest BCUT2D eigenvalue weighted by Gasteiger charge is 2.37. The summed E-state index contributed by atoms with van der Waals surface area (Å²) in [6.07, 6.45) is -2.39. The quantitative estimate of drug-likeness (QED) is 0.354. The lowest BCUT2D eigenvalue weighted by Gasteiger charge is -2.22. The zero-order valence-corrected chi connectivity index (χ0v) is 17.3. The van der Waals surface area contributed by atoms with Crippen LogP contribution < -0.4 is 16.0 Å². The van der Waals surface area contributed by atoms with Crippen molar-refractivity contribution in [3.63, 3.8) is 0 Å². The molecule has 0 aromatic heterocycles. The number of carbonyl (C=O) groups is 1. The van der Waals surface area contributed by atoms with Crippen molar-refractivity contribution in [1.29, 1.82) is 0 Å². The van der Waals surface area contributed by atoms with Crippen molar-refractivity contribution in [2.45, 2.75) is 63.3 Å². The molecule has 0 aliphatic heterocycles. The van der Waals surface area contributed by atoms with E-state index in [9.17, 15) is 31.1 Å². The molecule has 1 saturated carbocycles. The summed E-state index contributed by atoms with van der Waals surface area (Å²) in [6.45, 7) is 2.56. The van der Waals surface area contributed by atoms with E-state index in [0.29, 0.717) is 31.1 Å². The van der Waals surface area contributed by atoms with Gasteiger partial charge in [0.1, 0.15) is 0 Å². The first-order valence-electron chi connectivity index (χ1n) is 10.6. The van der Waals surface area contributed by atoms with Gasteiger partial charge in [0.15, 0.2) is 0 Å². The van der Waals surface area contributed by atoms with Crippen LogP contribution in [0, 0.1) is 0 Å². The van der Waals surface area contributed by atoms with Crippen molar-refractivity contribution >= 4 is 5.91 Å². The molecule has 0 unspecified atom stereocenters. The van der Waals surface area contributed by atoms with Crippen LogP contribution in [0.3, 0.4) is 0 Å². The Balaban J connectivity index is 1.68. The van der Waals surface area contributed by atoms with Crippen LogP contribution in [0.2, 0.25) is 0 Å². The molecule has 1 aliphatic carbocycles. The molecule has 31 heavy (non-hydrogen) atoms. The highest BCUT2D eigenvalue weighted by atomic mass is 19.4. The fraction of sp³-hybridized carbons (Fsp3) is 0.667.